The van der Waals surface area contributed by atoms with E-state index in [1.54, 1.807) is 12.1 Å². The summed E-state index contributed by atoms with van der Waals surface area (Å²) in [5, 5.41) is 3.63. The Morgan fingerprint density at radius 2 is 1.79 bits per heavy atom. The molecule has 1 fully saturated rings. The minimum atomic E-state index is -0.139. The number of rotatable bonds is 8. The van der Waals surface area contributed by atoms with Gasteiger partial charge in [0.2, 0.25) is 0 Å². The third-order valence-electron chi connectivity index (χ3n) is 4.34. The molecule has 1 aromatic carbocycles. The van der Waals surface area contributed by atoms with E-state index in [1.807, 2.05) is 12.1 Å². The van der Waals surface area contributed by atoms with Gasteiger partial charge in [0.05, 0.1) is 0 Å². The Kier molecular flexibility index (Phi) is 5.38. The Hall–Kier alpha value is -0.890. The van der Waals surface area contributed by atoms with Gasteiger partial charge in [-0.1, -0.05) is 38.8 Å². The van der Waals surface area contributed by atoms with Crippen molar-refractivity contribution in [2.45, 2.75) is 57.9 Å². The van der Waals surface area contributed by atoms with Gasteiger partial charge >= 0.3 is 0 Å². The first-order chi connectivity index (χ1) is 9.22. The molecule has 2 heteroatoms. The van der Waals surface area contributed by atoms with Gasteiger partial charge in [-0.3, -0.25) is 0 Å². The van der Waals surface area contributed by atoms with E-state index in [0.717, 1.165) is 18.5 Å². The fraction of sp³-hybridized carbons (Fsp3) is 0.647. The fourth-order valence-corrected chi connectivity index (χ4v) is 2.69. The Morgan fingerprint density at radius 3 is 2.32 bits per heavy atom. The van der Waals surface area contributed by atoms with Crippen LogP contribution in [0.5, 0.6) is 0 Å². The first kappa shape index (κ1) is 14.5. The van der Waals surface area contributed by atoms with Crippen LogP contribution < -0.4 is 5.32 Å². The Balaban J connectivity index is 2.00. The standard InChI is InChI=1S/C17H26FN/c1-3-13(4-2)11-15(12-19-17-9-10-17)14-5-7-16(18)8-6-14/h5-8,13,15,17,19H,3-4,9-12H2,1-2H3. The molecule has 1 atom stereocenters. The quantitative estimate of drug-likeness (QED) is 0.728. The van der Waals surface area contributed by atoms with E-state index in [1.165, 1.54) is 37.7 Å². The molecule has 1 N–H and O–H groups in total. The third-order valence-corrected chi connectivity index (χ3v) is 4.34. The zero-order valence-corrected chi connectivity index (χ0v) is 12.2. The third kappa shape index (κ3) is 4.61. The van der Waals surface area contributed by atoms with Crippen LogP contribution in [-0.4, -0.2) is 12.6 Å². The molecule has 0 amide bonds. The van der Waals surface area contributed by atoms with Crippen LogP contribution >= 0.6 is 0 Å². The molecule has 2 rings (SSSR count). The zero-order valence-electron chi connectivity index (χ0n) is 12.2. The van der Waals surface area contributed by atoms with Crippen molar-refractivity contribution in [1.82, 2.24) is 5.32 Å². The SMILES string of the molecule is CCC(CC)CC(CNC1CC1)c1ccc(F)cc1. The van der Waals surface area contributed by atoms with Crippen molar-refractivity contribution in [3.63, 3.8) is 0 Å². The summed E-state index contributed by atoms with van der Waals surface area (Å²) in [6.07, 6.45) is 6.32. The summed E-state index contributed by atoms with van der Waals surface area (Å²) >= 11 is 0. The minimum absolute atomic E-state index is 0.139. The summed E-state index contributed by atoms with van der Waals surface area (Å²) in [7, 11) is 0. The van der Waals surface area contributed by atoms with Crippen LogP contribution in [0.15, 0.2) is 24.3 Å². The van der Waals surface area contributed by atoms with Crippen molar-refractivity contribution >= 4 is 0 Å². The summed E-state index contributed by atoms with van der Waals surface area (Å²) in [4.78, 5) is 0. The van der Waals surface area contributed by atoms with Gasteiger partial charge in [-0.25, -0.2) is 4.39 Å². The normalized spacial score (nSPS) is 16.8. The van der Waals surface area contributed by atoms with Crippen molar-refractivity contribution in [3.8, 4) is 0 Å². The summed E-state index contributed by atoms with van der Waals surface area (Å²) in [6, 6.07) is 7.83. The first-order valence-electron chi connectivity index (χ1n) is 7.71. The maximum atomic E-state index is 13.1. The number of hydrogen-bond donors (Lipinski definition) is 1. The van der Waals surface area contributed by atoms with E-state index < -0.39 is 0 Å². The van der Waals surface area contributed by atoms with Crippen LogP contribution in [-0.2, 0) is 0 Å². The molecule has 0 saturated heterocycles. The Labute approximate surface area is 116 Å². The lowest BCUT2D eigenvalue weighted by Crippen LogP contribution is -2.25. The molecular formula is C17H26FN. The molecule has 106 valence electrons. The van der Waals surface area contributed by atoms with Crippen LogP contribution in [0.1, 0.15) is 57.4 Å². The smallest absolute Gasteiger partial charge is 0.123 e. The highest BCUT2D eigenvalue weighted by molar-refractivity contribution is 5.21. The van der Waals surface area contributed by atoms with Gasteiger partial charge in [0.1, 0.15) is 5.82 Å². The van der Waals surface area contributed by atoms with E-state index in [0.29, 0.717) is 5.92 Å². The minimum Gasteiger partial charge on any atom is -0.313 e. The highest BCUT2D eigenvalue weighted by Crippen LogP contribution is 2.28. The maximum absolute atomic E-state index is 13.1. The van der Waals surface area contributed by atoms with E-state index in [-0.39, 0.29) is 5.82 Å². The predicted octanol–water partition coefficient (Wildman–Crippen LogP) is 4.49. The molecule has 19 heavy (non-hydrogen) atoms. The molecule has 1 aliphatic carbocycles. The van der Waals surface area contributed by atoms with Crippen LogP contribution in [0, 0.1) is 11.7 Å². The van der Waals surface area contributed by atoms with Gasteiger partial charge < -0.3 is 5.32 Å². The fourth-order valence-electron chi connectivity index (χ4n) is 2.69. The number of nitrogens with one attached hydrogen (secondary N) is 1. The molecule has 0 aromatic heterocycles. The van der Waals surface area contributed by atoms with Gasteiger partial charge in [-0.15, -0.1) is 0 Å². The second kappa shape index (κ2) is 7.04. The Bertz CT molecular complexity index is 365. The highest BCUT2D eigenvalue weighted by atomic mass is 19.1. The van der Waals surface area contributed by atoms with Crippen molar-refractivity contribution in [2.75, 3.05) is 6.54 Å². The number of halogens is 1. The molecule has 0 radical (unpaired) electrons. The van der Waals surface area contributed by atoms with Crippen LogP contribution in [0.3, 0.4) is 0 Å². The van der Waals surface area contributed by atoms with Crippen LogP contribution in [0.2, 0.25) is 0 Å². The Morgan fingerprint density at radius 1 is 1.16 bits per heavy atom. The molecule has 0 bridgehead atoms. The lowest BCUT2D eigenvalue weighted by atomic mass is 9.86. The maximum Gasteiger partial charge on any atom is 0.123 e. The molecule has 0 aliphatic heterocycles. The summed E-state index contributed by atoms with van der Waals surface area (Å²) in [6.45, 7) is 5.57. The summed E-state index contributed by atoms with van der Waals surface area (Å²) < 4.78 is 13.1. The molecule has 0 heterocycles. The largest absolute Gasteiger partial charge is 0.313 e. The van der Waals surface area contributed by atoms with Crippen molar-refractivity contribution in [3.05, 3.63) is 35.6 Å². The molecule has 0 spiro atoms. The molecule has 1 nitrogen and oxygen atoms in total. The van der Waals surface area contributed by atoms with E-state index in [4.69, 9.17) is 0 Å². The number of benzene rings is 1. The monoisotopic (exact) mass is 263 g/mol. The van der Waals surface area contributed by atoms with Crippen LogP contribution in [0.25, 0.3) is 0 Å². The van der Waals surface area contributed by atoms with Crippen molar-refractivity contribution < 1.29 is 4.39 Å². The average Bonchev–Trinajstić information content (AvgIpc) is 3.25. The van der Waals surface area contributed by atoms with Gasteiger partial charge in [0.15, 0.2) is 0 Å². The molecule has 1 aromatic rings. The lowest BCUT2D eigenvalue weighted by Gasteiger charge is -2.23. The topological polar surface area (TPSA) is 12.0 Å². The predicted molar refractivity (Wildman–Crippen MR) is 78.9 cm³/mol. The van der Waals surface area contributed by atoms with Crippen LogP contribution in [0.4, 0.5) is 4.39 Å². The second-order valence-corrected chi connectivity index (χ2v) is 5.85. The van der Waals surface area contributed by atoms with Crippen molar-refractivity contribution in [1.29, 1.82) is 0 Å². The van der Waals surface area contributed by atoms with Gasteiger partial charge in [0.25, 0.3) is 0 Å². The number of hydrogen-bond acceptors (Lipinski definition) is 1. The average molecular weight is 263 g/mol. The lowest BCUT2D eigenvalue weighted by molar-refractivity contribution is 0.397. The van der Waals surface area contributed by atoms with E-state index in [2.05, 4.69) is 19.2 Å². The van der Waals surface area contributed by atoms with Gasteiger partial charge in [0, 0.05) is 12.6 Å². The summed E-state index contributed by atoms with van der Waals surface area (Å²) in [5.41, 5.74) is 1.28. The first-order valence-corrected chi connectivity index (χ1v) is 7.71. The van der Waals surface area contributed by atoms with Gasteiger partial charge in [-0.05, 0) is 48.8 Å². The molecule has 1 saturated carbocycles. The molecule has 1 aliphatic rings. The van der Waals surface area contributed by atoms with E-state index in [9.17, 15) is 4.39 Å². The molecular weight excluding hydrogens is 237 g/mol. The van der Waals surface area contributed by atoms with Crippen molar-refractivity contribution in [2.24, 2.45) is 5.92 Å². The second-order valence-electron chi connectivity index (χ2n) is 5.85. The zero-order chi connectivity index (χ0) is 13.7. The highest BCUT2D eigenvalue weighted by Gasteiger charge is 2.23. The van der Waals surface area contributed by atoms with E-state index >= 15 is 0 Å². The molecule has 1 unspecified atom stereocenters. The van der Waals surface area contributed by atoms with Gasteiger partial charge in [-0.2, -0.15) is 0 Å². The summed E-state index contributed by atoms with van der Waals surface area (Å²) in [5.74, 6) is 1.15.